The highest BCUT2D eigenvalue weighted by atomic mass is 16.4. The molecule has 0 saturated carbocycles. The minimum absolute atomic E-state index is 0.0752. The predicted octanol–water partition coefficient (Wildman–Crippen LogP) is -0.325. The quantitative estimate of drug-likeness (QED) is 0.137. The van der Waals surface area contributed by atoms with Crippen molar-refractivity contribution in [2.45, 2.75) is 90.4 Å². The van der Waals surface area contributed by atoms with Gasteiger partial charge in [0.15, 0.2) is 0 Å². The Kier molecular flexibility index (Phi) is 14.2. The summed E-state index contributed by atoms with van der Waals surface area (Å²) in [6, 6.07) is -5.01. The van der Waals surface area contributed by atoms with Gasteiger partial charge in [0.2, 0.25) is 17.7 Å². The lowest BCUT2D eigenvalue weighted by molar-refractivity contribution is -0.143. The maximum Gasteiger partial charge on any atom is 0.326 e. The summed E-state index contributed by atoms with van der Waals surface area (Å²) in [6.07, 6.45) is -0.959. The summed E-state index contributed by atoms with van der Waals surface area (Å²) in [7, 11) is 0. The van der Waals surface area contributed by atoms with E-state index in [1.54, 1.807) is 20.8 Å². The number of rotatable bonds is 17. The summed E-state index contributed by atoms with van der Waals surface area (Å²) in [5.41, 5.74) is 5.88. The van der Waals surface area contributed by atoms with E-state index in [2.05, 4.69) is 16.0 Å². The van der Waals surface area contributed by atoms with Crippen LogP contribution in [0.5, 0.6) is 0 Å². The topological polar surface area (TPSA) is 225 Å². The fourth-order valence-corrected chi connectivity index (χ4v) is 3.09. The van der Waals surface area contributed by atoms with Crippen LogP contribution in [0.25, 0.3) is 0 Å². The lowest BCUT2D eigenvalue weighted by Gasteiger charge is -2.26. The second-order valence-corrected chi connectivity index (χ2v) is 8.93. The molecular formula is C22H38N4O9. The summed E-state index contributed by atoms with van der Waals surface area (Å²) in [4.78, 5) is 71.7. The average Bonchev–Trinajstić information content (AvgIpc) is 2.76. The zero-order chi connectivity index (χ0) is 27.3. The molecule has 0 rings (SSSR count). The highest BCUT2D eigenvalue weighted by Gasteiger charge is 2.31. The number of nitrogens with one attached hydrogen (secondary N) is 3. The molecule has 0 aliphatic heterocycles. The van der Waals surface area contributed by atoms with Gasteiger partial charge in [0, 0.05) is 12.8 Å². The van der Waals surface area contributed by atoms with Crippen LogP contribution in [0.4, 0.5) is 0 Å². The number of carboxylic acid groups (broad SMARTS) is 3. The maximum atomic E-state index is 12.9. The molecule has 5 unspecified atom stereocenters. The van der Waals surface area contributed by atoms with Crippen LogP contribution < -0.4 is 21.7 Å². The summed E-state index contributed by atoms with van der Waals surface area (Å²) in [6.45, 7) is 7.07. The van der Waals surface area contributed by atoms with Crippen LogP contribution in [0, 0.1) is 11.8 Å². The Balaban J connectivity index is 5.68. The van der Waals surface area contributed by atoms with E-state index in [1.165, 1.54) is 0 Å². The number of carbonyl (C=O) groups excluding carboxylic acids is 3. The lowest BCUT2D eigenvalue weighted by Crippen LogP contribution is -2.57. The van der Waals surface area contributed by atoms with E-state index in [4.69, 9.17) is 15.9 Å². The summed E-state index contributed by atoms with van der Waals surface area (Å²) in [5, 5.41) is 34.4. The van der Waals surface area contributed by atoms with E-state index in [0.717, 1.165) is 0 Å². The van der Waals surface area contributed by atoms with Gasteiger partial charge in [-0.15, -0.1) is 0 Å². The third-order valence-corrected chi connectivity index (χ3v) is 5.44. The molecule has 0 radical (unpaired) electrons. The number of aliphatic carboxylic acids is 3. The third-order valence-electron chi connectivity index (χ3n) is 5.44. The van der Waals surface area contributed by atoms with Crippen molar-refractivity contribution in [3.05, 3.63) is 0 Å². The summed E-state index contributed by atoms with van der Waals surface area (Å²) >= 11 is 0. The molecule has 0 saturated heterocycles. The van der Waals surface area contributed by atoms with Crippen molar-refractivity contribution in [1.82, 2.24) is 16.0 Å². The molecule has 0 aliphatic rings. The van der Waals surface area contributed by atoms with E-state index < -0.39 is 72.6 Å². The molecule has 0 bridgehead atoms. The summed E-state index contributed by atoms with van der Waals surface area (Å²) in [5.74, 6) is -6.56. The van der Waals surface area contributed by atoms with Crippen LogP contribution in [0.3, 0.4) is 0 Å². The van der Waals surface area contributed by atoms with Gasteiger partial charge < -0.3 is 37.0 Å². The monoisotopic (exact) mass is 502 g/mol. The molecule has 200 valence electrons. The van der Waals surface area contributed by atoms with Crippen molar-refractivity contribution in [3.63, 3.8) is 0 Å². The largest absolute Gasteiger partial charge is 0.481 e. The number of hydrogen-bond acceptors (Lipinski definition) is 7. The van der Waals surface area contributed by atoms with E-state index in [1.807, 2.05) is 6.92 Å². The van der Waals surface area contributed by atoms with Gasteiger partial charge in [-0.25, -0.2) is 4.79 Å². The van der Waals surface area contributed by atoms with Gasteiger partial charge in [0.1, 0.15) is 18.1 Å². The van der Waals surface area contributed by atoms with Gasteiger partial charge in [-0.3, -0.25) is 24.0 Å². The van der Waals surface area contributed by atoms with Crippen LogP contribution in [0.1, 0.15) is 66.2 Å². The van der Waals surface area contributed by atoms with E-state index in [-0.39, 0.29) is 31.1 Å². The highest BCUT2D eigenvalue weighted by molar-refractivity contribution is 5.94. The molecule has 13 heteroatoms. The molecule has 0 aliphatic carbocycles. The van der Waals surface area contributed by atoms with Crippen molar-refractivity contribution in [3.8, 4) is 0 Å². The third kappa shape index (κ3) is 12.7. The Morgan fingerprint density at radius 3 is 1.46 bits per heavy atom. The molecule has 0 fully saturated rings. The Morgan fingerprint density at radius 1 is 0.714 bits per heavy atom. The van der Waals surface area contributed by atoms with Gasteiger partial charge in [-0.2, -0.15) is 0 Å². The maximum absolute atomic E-state index is 12.9. The van der Waals surface area contributed by atoms with Crippen molar-refractivity contribution >= 4 is 35.6 Å². The Hall–Kier alpha value is -3.22. The second kappa shape index (κ2) is 15.6. The number of hydrogen-bond donors (Lipinski definition) is 7. The molecule has 3 amide bonds. The van der Waals surface area contributed by atoms with E-state index in [0.29, 0.717) is 6.42 Å². The molecule has 0 aromatic rings. The molecule has 5 atom stereocenters. The van der Waals surface area contributed by atoms with Gasteiger partial charge in [0.05, 0.1) is 6.04 Å². The molecule has 0 spiro atoms. The van der Waals surface area contributed by atoms with Crippen LogP contribution in [-0.2, 0) is 28.8 Å². The van der Waals surface area contributed by atoms with Gasteiger partial charge in [-0.05, 0) is 31.1 Å². The zero-order valence-electron chi connectivity index (χ0n) is 20.6. The van der Waals surface area contributed by atoms with Gasteiger partial charge in [0.25, 0.3) is 0 Å². The molecule has 35 heavy (non-hydrogen) atoms. The molecule has 0 heterocycles. The van der Waals surface area contributed by atoms with Crippen molar-refractivity contribution in [1.29, 1.82) is 0 Å². The molecule has 8 N–H and O–H groups in total. The second-order valence-electron chi connectivity index (χ2n) is 8.93. The minimum Gasteiger partial charge on any atom is -0.481 e. The van der Waals surface area contributed by atoms with Crippen LogP contribution in [0.15, 0.2) is 0 Å². The predicted molar refractivity (Wildman–Crippen MR) is 124 cm³/mol. The lowest BCUT2D eigenvalue weighted by atomic mass is 9.98. The van der Waals surface area contributed by atoms with Crippen molar-refractivity contribution in [2.75, 3.05) is 0 Å². The standard InChI is InChI=1S/C22H38N4O9/c1-5-12(4)18(23)21(33)25-14(7-9-17(29)30)19(31)24-13(6-8-16(27)28)20(32)26-15(22(34)35)10-11(2)3/h11-15,18H,5-10,23H2,1-4H3,(H,24,31)(H,25,33)(H,26,32)(H,27,28)(H,29,30)(H,34,35). The normalized spacial score (nSPS) is 15.3. The number of carbonyl (C=O) groups is 6. The Morgan fingerprint density at radius 2 is 1.11 bits per heavy atom. The number of nitrogens with two attached hydrogens (primary N) is 1. The molecule has 0 aromatic carbocycles. The first-order valence-electron chi connectivity index (χ1n) is 11.5. The minimum atomic E-state index is -1.43. The van der Waals surface area contributed by atoms with Gasteiger partial charge in [-0.1, -0.05) is 34.1 Å². The van der Waals surface area contributed by atoms with E-state index >= 15 is 0 Å². The molecular weight excluding hydrogens is 464 g/mol. The number of carboxylic acids is 3. The smallest absolute Gasteiger partial charge is 0.326 e. The first kappa shape index (κ1) is 31.8. The Bertz CT molecular complexity index is 772. The number of amides is 3. The first-order chi connectivity index (χ1) is 16.2. The van der Waals surface area contributed by atoms with Crippen LogP contribution in [0.2, 0.25) is 0 Å². The van der Waals surface area contributed by atoms with Crippen molar-refractivity contribution in [2.24, 2.45) is 17.6 Å². The fraction of sp³-hybridized carbons (Fsp3) is 0.727. The fourth-order valence-electron chi connectivity index (χ4n) is 3.09. The first-order valence-corrected chi connectivity index (χ1v) is 11.5. The summed E-state index contributed by atoms with van der Waals surface area (Å²) < 4.78 is 0. The van der Waals surface area contributed by atoms with E-state index in [9.17, 15) is 33.9 Å². The van der Waals surface area contributed by atoms with Gasteiger partial charge >= 0.3 is 17.9 Å². The molecule has 13 nitrogen and oxygen atoms in total. The van der Waals surface area contributed by atoms with Crippen molar-refractivity contribution < 1.29 is 44.1 Å². The zero-order valence-corrected chi connectivity index (χ0v) is 20.6. The Labute approximate surface area is 204 Å². The SMILES string of the molecule is CCC(C)C(N)C(=O)NC(CCC(=O)O)C(=O)NC(CCC(=O)O)C(=O)NC(CC(C)C)C(=O)O. The molecule has 0 aromatic heterocycles. The highest BCUT2D eigenvalue weighted by Crippen LogP contribution is 2.09. The van der Waals surface area contributed by atoms with Crippen LogP contribution in [-0.4, -0.2) is 75.1 Å². The van der Waals surface area contributed by atoms with Crippen LogP contribution >= 0.6 is 0 Å². The average molecular weight is 503 g/mol.